The molecule has 0 bridgehead atoms. The van der Waals surface area contributed by atoms with Crippen LogP contribution in [0.4, 0.5) is 0 Å². The van der Waals surface area contributed by atoms with Crippen molar-refractivity contribution in [3.05, 3.63) is 40.6 Å². The first-order valence-electron chi connectivity index (χ1n) is 6.62. The molecule has 0 radical (unpaired) electrons. The fourth-order valence-corrected chi connectivity index (χ4v) is 2.64. The van der Waals surface area contributed by atoms with Crippen molar-refractivity contribution in [3.8, 4) is 0 Å². The van der Waals surface area contributed by atoms with E-state index < -0.39 is 0 Å². The number of thiophene rings is 1. The summed E-state index contributed by atoms with van der Waals surface area (Å²) in [5, 5.41) is 7.84. The van der Waals surface area contributed by atoms with Gasteiger partial charge < -0.3 is 9.88 Å². The van der Waals surface area contributed by atoms with Gasteiger partial charge in [0.25, 0.3) is 0 Å². The second-order valence-electron chi connectivity index (χ2n) is 4.82. The SMILES string of the molecule is CN(CCNCCc1ccsc1)Cc1nccn1C. The molecular weight excluding hydrogens is 256 g/mol. The van der Waals surface area contributed by atoms with Crippen LogP contribution < -0.4 is 5.32 Å². The van der Waals surface area contributed by atoms with Crippen LogP contribution in [-0.2, 0) is 20.0 Å². The lowest BCUT2D eigenvalue weighted by Gasteiger charge is -2.16. The minimum absolute atomic E-state index is 0.899. The summed E-state index contributed by atoms with van der Waals surface area (Å²) in [5.41, 5.74) is 1.43. The molecule has 2 aromatic rings. The minimum atomic E-state index is 0.899. The van der Waals surface area contributed by atoms with Gasteiger partial charge in [-0.25, -0.2) is 4.98 Å². The van der Waals surface area contributed by atoms with Crippen molar-refractivity contribution in [3.63, 3.8) is 0 Å². The van der Waals surface area contributed by atoms with Gasteiger partial charge >= 0.3 is 0 Å². The predicted octanol–water partition coefficient (Wildman–Crippen LogP) is 1.75. The maximum absolute atomic E-state index is 4.34. The van der Waals surface area contributed by atoms with E-state index >= 15 is 0 Å². The molecule has 1 N–H and O–H groups in total. The Hall–Kier alpha value is -1.17. The van der Waals surface area contributed by atoms with Crippen LogP contribution >= 0.6 is 11.3 Å². The number of aryl methyl sites for hydroxylation is 1. The van der Waals surface area contributed by atoms with E-state index in [4.69, 9.17) is 0 Å². The lowest BCUT2D eigenvalue weighted by molar-refractivity contribution is 0.313. The van der Waals surface area contributed by atoms with Crippen LogP contribution in [0.3, 0.4) is 0 Å². The van der Waals surface area contributed by atoms with E-state index in [-0.39, 0.29) is 0 Å². The quantitative estimate of drug-likeness (QED) is 0.747. The fourth-order valence-electron chi connectivity index (χ4n) is 1.93. The average molecular weight is 278 g/mol. The Bertz CT molecular complexity index is 464. The van der Waals surface area contributed by atoms with Crippen molar-refractivity contribution in [1.29, 1.82) is 0 Å². The topological polar surface area (TPSA) is 33.1 Å². The number of aromatic nitrogens is 2. The van der Waals surface area contributed by atoms with Gasteiger partial charge in [0.2, 0.25) is 0 Å². The van der Waals surface area contributed by atoms with Gasteiger partial charge in [-0.3, -0.25) is 4.90 Å². The van der Waals surface area contributed by atoms with E-state index in [0.29, 0.717) is 0 Å². The minimum Gasteiger partial charge on any atom is -0.337 e. The first-order valence-corrected chi connectivity index (χ1v) is 7.56. The molecule has 104 valence electrons. The van der Waals surface area contributed by atoms with Gasteiger partial charge in [0.05, 0.1) is 6.54 Å². The Labute approximate surface area is 119 Å². The van der Waals surface area contributed by atoms with Gasteiger partial charge in [0.15, 0.2) is 0 Å². The summed E-state index contributed by atoms with van der Waals surface area (Å²) >= 11 is 1.77. The van der Waals surface area contributed by atoms with Crippen LogP contribution in [0.2, 0.25) is 0 Å². The second-order valence-corrected chi connectivity index (χ2v) is 5.60. The Kier molecular flexibility index (Phi) is 5.57. The number of hydrogen-bond acceptors (Lipinski definition) is 4. The highest BCUT2D eigenvalue weighted by molar-refractivity contribution is 7.07. The summed E-state index contributed by atoms with van der Waals surface area (Å²) in [4.78, 5) is 6.63. The van der Waals surface area contributed by atoms with Gasteiger partial charge in [-0.15, -0.1) is 0 Å². The summed E-state index contributed by atoms with van der Waals surface area (Å²) in [6, 6.07) is 2.19. The molecule has 0 saturated heterocycles. The number of rotatable bonds is 8. The molecule has 0 aliphatic carbocycles. The van der Waals surface area contributed by atoms with Crippen molar-refractivity contribution in [2.75, 3.05) is 26.7 Å². The van der Waals surface area contributed by atoms with Gasteiger partial charge in [-0.2, -0.15) is 11.3 Å². The third-order valence-corrected chi connectivity index (χ3v) is 3.91. The van der Waals surface area contributed by atoms with Gasteiger partial charge in [-0.05, 0) is 42.4 Å². The van der Waals surface area contributed by atoms with Crippen LogP contribution in [0.5, 0.6) is 0 Å². The largest absolute Gasteiger partial charge is 0.337 e. The maximum atomic E-state index is 4.34. The normalized spacial score (nSPS) is 11.3. The second kappa shape index (κ2) is 7.43. The molecule has 0 aliphatic heterocycles. The molecule has 0 atom stereocenters. The predicted molar refractivity (Wildman–Crippen MR) is 80.4 cm³/mol. The van der Waals surface area contributed by atoms with Gasteiger partial charge in [0, 0.05) is 32.5 Å². The summed E-state index contributed by atoms with van der Waals surface area (Å²) in [7, 11) is 4.17. The van der Waals surface area contributed by atoms with E-state index in [9.17, 15) is 0 Å². The first-order chi connectivity index (χ1) is 9.25. The average Bonchev–Trinajstić information content (AvgIpc) is 3.02. The number of imidazole rings is 1. The van der Waals surface area contributed by atoms with Crippen LogP contribution in [0.25, 0.3) is 0 Å². The van der Waals surface area contributed by atoms with Crippen molar-refractivity contribution >= 4 is 11.3 Å². The lowest BCUT2D eigenvalue weighted by Crippen LogP contribution is -2.30. The zero-order valence-electron chi connectivity index (χ0n) is 11.7. The molecule has 0 spiro atoms. The van der Waals surface area contributed by atoms with Gasteiger partial charge in [0.1, 0.15) is 5.82 Å². The van der Waals surface area contributed by atoms with E-state index in [2.05, 4.69) is 43.6 Å². The summed E-state index contributed by atoms with van der Waals surface area (Å²) < 4.78 is 2.07. The lowest BCUT2D eigenvalue weighted by atomic mass is 10.2. The summed E-state index contributed by atoms with van der Waals surface area (Å²) in [5.74, 6) is 1.11. The van der Waals surface area contributed by atoms with E-state index in [1.54, 1.807) is 11.3 Å². The highest BCUT2D eigenvalue weighted by Gasteiger charge is 2.03. The number of hydrogen-bond donors (Lipinski definition) is 1. The molecule has 5 heteroatoms. The van der Waals surface area contributed by atoms with Crippen LogP contribution in [0.1, 0.15) is 11.4 Å². The number of nitrogens with one attached hydrogen (secondary N) is 1. The van der Waals surface area contributed by atoms with Crippen LogP contribution in [0, 0.1) is 0 Å². The Morgan fingerprint density at radius 1 is 1.42 bits per heavy atom. The smallest absolute Gasteiger partial charge is 0.122 e. The molecular formula is C14H22N4S. The zero-order chi connectivity index (χ0) is 13.5. The Morgan fingerprint density at radius 2 is 2.32 bits per heavy atom. The van der Waals surface area contributed by atoms with Crippen LogP contribution in [-0.4, -0.2) is 41.1 Å². The molecule has 0 fully saturated rings. The molecule has 19 heavy (non-hydrogen) atoms. The van der Waals surface area contributed by atoms with Crippen LogP contribution in [0.15, 0.2) is 29.2 Å². The number of nitrogens with zero attached hydrogens (tertiary/aromatic N) is 3. The van der Waals surface area contributed by atoms with Crippen molar-refractivity contribution in [2.24, 2.45) is 7.05 Å². The highest BCUT2D eigenvalue weighted by Crippen LogP contribution is 2.05. The standard InChI is InChI=1S/C14H22N4S/c1-17(11-14-16-7-9-18(14)2)8-6-15-5-3-13-4-10-19-12-13/h4,7,9-10,12,15H,3,5-6,8,11H2,1-2H3. The number of likely N-dealkylation sites (N-methyl/N-ethyl adjacent to an activating group) is 1. The van der Waals surface area contributed by atoms with Crippen molar-refractivity contribution < 1.29 is 0 Å². The zero-order valence-corrected chi connectivity index (χ0v) is 12.5. The third kappa shape index (κ3) is 4.78. The monoisotopic (exact) mass is 278 g/mol. The fraction of sp³-hybridized carbons (Fsp3) is 0.500. The van der Waals surface area contributed by atoms with E-state index in [0.717, 1.165) is 38.4 Å². The van der Waals surface area contributed by atoms with E-state index in [1.165, 1.54) is 5.56 Å². The van der Waals surface area contributed by atoms with Crippen molar-refractivity contribution in [2.45, 2.75) is 13.0 Å². The molecule has 0 amide bonds. The van der Waals surface area contributed by atoms with E-state index in [1.807, 2.05) is 19.4 Å². The molecule has 0 aliphatic rings. The molecule has 2 heterocycles. The molecule has 0 aromatic carbocycles. The molecule has 0 unspecified atom stereocenters. The Balaban J connectivity index is 1.56. The van der Waals surface area contributed by atoms with Gasteiger partial charge in [-0.1, -0.05) is 0 Å². The molecule has 0 saturated carbocycles. The van der Waals surface area contributed by atoms with Crippen molar-refractivity contribution in [1.82, 2.24) is 19.8 Å². The third-order valence-electron chi connectivity index (χ3n) is 3.17. The Morgan fingerprint density at radius 3 is 3.00 bits per heavy atom. The summed E-state index contributed by atoms with van der Waals surface area (Å²) in [6.07, 6.45) is 4.96. The highest BCUT2D eigenvalue weighted by atomic mass is 32.1. The molecule has 2 rings (SSSR count). The molecule has 2 aromatic heterocycles. The molecule has 4 nitrogen and oxygen atoms in total. The summed E-state index contributed by atoms with van der Waals surface area (Å²) in [6.45, 7) is 4.00. The first kappa shape index (κ1) is 14.2. The maximum Gasteiger partial charge on any atom is 0.122 e.